The molecule has 5 nitrogen and oxygen atoms in total. The fourth-order valence-corrected chi connectivity index (χ4v) is 3.59. The van der Waals surface area contributed by atoms with Gasteiger partial charge in [0.15, 0.2) is 0 Å². The van der Waals surface area contributed by atoms with Crippen LogP contribution in [-0.4, -0.2) is 32.8 Å². The third-order valence-corrected chi connectivity index (χ3v) is 5.26. The van der Waals surface area contributed by atoms with Crippen LogP contribution in [0.4, 0.5) is 14.9 Å². The second kappa shape index (κ2) is 9.44. The predicted molar refractivity (Wildman–Crippen MR) is 109 cm³/mol. The van der Waals surface area contributed by atoms with Crippen molar-refractivity contribution in [3.8, 4) is 5.75 Å². The maximum atomic E-state index is 13.1. The van der Waals surface area contributed by atoms with Crippen molar-refractivity contribution < 1.29 is 13.9 Å². The second-order valence-electron chi connectivity index (χ2n) is 7.17. The number of anilines is 1. The summed E-state index contributed by atoms with van der Waals surface area (Å²) in [7, 11) is 1.64. The molecule has 1 aliphatic heterocycles. The summed E-state index contributed by atoms with van der Waals surface area (Å²) in [6, 6.07) is 14.2. The maximum absolute atomic E-state index is 13.1. The lowest BCUT2D eigenvalue weighted by Gasteiger charge is -2.20. The summed E-state index contributed by atoms with van der Waals surface area (Å²) in [5.41, 5.74) is 2.08. The number of nitrogens with one attached hydrogen (secondary N) is 2. The van der Waals surface area contributed by atoms with E-state index in [-0.39, 0.29) is 17.9 Å². The summed E-state index contributed by atoms with van der Waals surface area (Å²) in [5.74, 6) is 0.965. The third-order valence-electron chi connectivity index (χ3n) is 5.26. The number of hydrogen-bond acceptors (Lipinski definition) is 3. The Morgan fingerprint density at radius 3 is 2.57 bits per heavy atom. The summed E-state index contributed by atoms with van der Waals surface area (Å²) in [5, 5.41) is 6.05. The van der Waals surface area contributed by atoms with Gasteiger partial charge in [-0.25, -0.2) is 9.18 Å². The highest BCUT2D eigenvalue weighted by molar-refractivity contribution is 5.74. The standard InChI is InChI=1S/C22H28FN3O2/c1-3-21(17-4-10-20(28-2)11-5-17)25-22(27)24-14-16-12-13-26(15-16)19-8-6-18(23)7-9-19/h4-11,16,21H,3,12-15H2,1-2H3,(H2,24,25,27). The van der Waals surface area contributed by atoms with E-state index < -0.39 is 0 Å². The molecule has 2 unspecified atom stereocenters. The van der Waals surface area contributed by atoms with E-state index >= 15 is 0 Å². The maximum Gasteiger partial charge on any atom is 0.315 e. The Morgan fingerprint density at radius 1 is 1.21 bits per heavy atom. The Kier molecular flexibility index (Phi) is 6.74. The molecule has 0 aliphatic carbocycles. The lowest BCUT2D eigenvalue weighted by Crippen LogP contribution is -2.40. The SMILES string of the molecule is CCC(NC(=O)NCC1CCN(c2ccc(F)cc2)C1)c1ccc(OC)cc1. The fourth-order valence-electron chi connectivity index (χ4n) is 3.59. The van der Waals surface area contributed by atoms with Crippen molar-refractivity contribution in [3.05, 3.63) is 59.9 Å². The third kappa shape index (κ3) is 5.15. The molecule has 3 rings (SSSR count). The van der Waals surface area contributed by atoms with Crippen molar-refractivity contribution in [1.29, 1.82) is 0 Å². The molecule has 2 N–H and O–H groups in total. The van der Waals surface area contributed by atoms with Crippen LogP contribution in [0.3, 0.4) is 0 Å². The van der Waals surface area contributed by atoms with Gasteiger partial charge in [0.2, 0.25) is 0 Å². The van der Waals surface area contributed by atoms with E-state index in [9.17, 15) is 9.18 Å². The molecule has 0 aromatic heterocycles. The number of halogens is 1. The zero-order valence-electron chi connectivity index (χ0n) is 16.5. The van der Waals surface area contributed by atoms with Gasteiger partial charge in [-0.2, -0.15) is 0 Å². The summed E-state index contributed by atoms with van der Waals surface area (Å²) in [6.45, 7) is 4.46. The molecule has 2 aromatic rings. The van der Waals surface area contributed by atoms with Crippen LogP contribution in [-0.2, 0) is 0 Å². The number of carbonyl (C=O) groups is 1. The van der Waals surface area contributed by atoms with Crippen LogP contribution in [0.25, 0.3) is 0 Å². The molecule has 28 heavy (non-hydrogen) atoms. The Balaban J connectivity index is 1.46. The minimum atomic E-state index is -0.222. The summed E-state index contributed by atoms with van der Waals surface area (Å²) >= 11 is 0. The van der Waals surface area contributed by atoms with E-state index in [1.165, 1.54) is 12.1 Å². The zero-order chi connectivity index (χ0) is 19.9. The van der Waals surface area contributed by atoms with Gasteiger partial charge >= 0.3 is 6.03 Å². The zero-order valence-corrected chi connectivity index (χ0v) is 16.5. The average molecular weight is 385 g/mol. The summed E-state index contributed by atoms with van der Waals surface area (Å²) in [4.78, 5) is 14.6. The van der Waals surface area contributed by atoms with Crippen molar-refractivity contribution in [3.63, 3.8) is 0 Å². The fraction of sp³-hybridized carbons (Fsp3) is 0.409. The Bertz CT molecular complexity index is 764. The highest BCUT2D eigenvalue weighted by Gasteiger charge is 2.23. The van der Waals surface area contributed by atoms with Crippen LogP contribution in [0, 0.1) is 11.7 Å². The van der Waals surface area contributed by atoms with Crippen LogP contribution in [0.2, 0.25) is 0 Å². The molecule has 0 spiro atoms. The van der Waals surface area contributed by atoms with E-state index in [4.69, 9.17) is 4.74 Å². The number of nitrogens with zero attached hydrogens (tertiary/aromatic N) is 1. The van der Waals surface area contributed by atoms with Crippen LogP contribution in [0.15, 0.2) is 48.5 Å². The normalized spacial score (nSPS) is 17.2. The van der Waals surface area contributed by atoms with Crippen molar-refractivity contribution in [1.82, 2.24) is 10.6 Å². The molecule has 1 saturated heterocycles. The molecular formula is C22H28FN3O2. The molecule has 2 amide bonds. The van der Waals surface area contributed by atoms with E-state index in [0.29, 0.717) is 12.5 Å². The van der Waals surface area contributed by atoms with Gasteiger partial charge in [0.05, 0.1) is 13.2 Å². The van der Waals surface area contributed by atoms with Gasteiger partial charge in [-0.05, 0) is 60.7 Å². The van der Waals surface area contributed by atoms with E-state index in [1.807, 2.05) is 31.2 Å². The number of rotatable bonds is 7. The van der Waals surface area contributed by atoms with Crippen molar-refractivity contribution in [2.45, 2.75) is 25.8 Å². The van der Waals surface area contributed by atoms with Gasteiger partial charge in [0.25, 0.3) is 0 Å². The van der Waals surface area contributed by atoms with Crippen molar-refractivity contribution >= 4 is 11.7 Å². The van der Waals surface area contributed by atoms with Gasteiger partial charge in [-0.15, -0.1) is 0 Å². The Morgan fingerprint density at radius 2 is 1.93 bits per heavy atom. The minimum absolute atomic E-state index is 0.0369. The molecule has 1 fully saturated rings. The number of amides is 2. The highest BCUT2D eigenvalue weighted by atomic mass is 19.1. The predicted octanol–water partition coefficient (Wildman–Crippen LogP) is 4.11. The van der Waals surface area contributed by atoms with Gasteiger partial charge in [0, 0.05) is 25.3 Å². The average Bonchev–Trinajstić information content (AvgIpc) is 3.20. The second-order valence-corrected chi connectivity index (χ2v) is 7.17. The first-order chi connectivity index (χ1) is 13.6. The molecule has 0 bridgehead atoms. The van der Waals surface area contributed by atoms with E-state index in [2.05, 4.69) is 15.5 Å². The molecule has 1 heterocycles. The van der Waals surface area contributed by atoms with Crippen molar-refractivity contribution in [2.75, 3.05) is 31.6 Å². The topological polar surface area (TPSA) is 53.6 Å². The van der Waals surface area contributed by atoms with E-state index in [1.54, 1.807) is 19.2 Å². The lowest BCUT2D eigenvalue weighted by atomic mass is 10.0. The quantitative estimate of drug-likeness (QED) is 0.754. The van der Waals surface area contributed by atoms with E-state index in [0.717, 1.165) is 42.9 Å². The number of benzene rings is 2. The van der Waals surface area contributed by atoms with Crippen LogP contribution >= 0.6 is 0 Å². The molecule has 0 saturated carbocycles. The van der Waals surface area contributed by atoms with Gasteiger partial charge in [0.1, 0.15) is 11.6 Å². The van der Waals surface area contributed by atoms with Crippen LogP contribution < -0.4 is 20.3 Å². The summed E-state index contributed by atoms with van der Waals surface area (Å²) < 4.78 is 18.3. The molecule has 1 aliphatic rings. The minimum Gasteiger partial charge on any atom is -0.497 e. The lowest BCUT2D eigenvalue weighted by molar-refractivity contribution is 0.235. The molecule has 0 radical (unpaired) electrons. The highest BCUT2D eigenvalue weighted by Crippen LogP contribution is 2.24. The first kappa shape index (κ1) is 20.0. The summed E-state index contributed by atoms with van der Waals surface area (Å²) in [6.07, 6.45) is 1.81. The Hall–Kier alpha value is -2.76. The first-order valence-corrected chi connectivity index (χ1v) is 9.78. The van der Waals surface area contributed by atoms with Gasteiger partial charge < -0.3 is 20.3 Å². The number of carbonyl (C=O) groups excluding carboxylic acids is 1. The number of urea groups is 1. The Labute approximate surface area is 165 Å². The van der Waals surface area contributed by atoms with Crippen molar-refractivity contribution in [2.24, 2.45) is 5.92 Å². The van der Waals surface area contributed by atoms with Gasteiger partial charge in [-0.1, -0.05) is 19.1 Å². The smallest absolute Gasteiger partial charge is 0.315 e. The van der Waals surface area contributed by atoms with Crippen LogP contribution in [0.5, 0.6) is 5.75 Å². The number of ether oxygens (including phenoxy) is 1. The molecular weight excluding hydrogens is 357 g/mol. The molecule has 150 valence electrons. The molecule has 6 heteroatoms. The monoisotopic (exact) mass is 385 g/mol. The molecule has 2 aromatic carbocycles. The van der Waals surface area contributed by atoms with Gasteiger partial charge in [-0.3, -0.25) is 0 Å². The number of methoxy groups -OCH3 is 1. The van der Waals surface area contributed by atoms with Crippen LogP contribution in [0.1, 0.15) is 31.4 Å². The number of hydrogen-bond donors (Lipinski definition) is 2. The molecule has 2 atom stereocenters. The first-order valence-electron chi connectivity index (χ1n) is 9.78. The largest absolute Gasteiger partial charge is 0.497 e.